The molecule has 4 unspecified atom stereocenters. The molecule has 6 heteroatoms. The molecule has 2 nitrogen and oxygen atoms in total. The monoisotopic (exact) mass is 355 g/mol. The molecule has 20 heavy (non-hydrogen) atoms. The molecule has 1 saturated carbocycles. The summed E-state index contributed by atoms with van der Waals surface area (Å²) >= 11 is 3.58. The number of alkyl halides is 4. The van der Waals surface area contributed by atoms with Crippen molar-refractivity contribution in [3.8, 4) is 0 Å². The van der Waals surface area contributed by atoms with Crippen LogP contribution in [0.5, 0.6) is 0 Å². The maximum atomic E-state index is 12.8. The number of piperidine rings is 1. The number of rotatable bonds is 1. The van der Waals surface area contributed by atoms with Crippen LogP contribution in [0.3, 0.4) is 0 Å². The van der Waals surface area contributed by atoms with Crippen LogP contribution in [0.25, 0.3) is 0 Å². The molecule has 0 aromatic heterocycles. The van der Waals surface area contributed by atoms with Gasteiger partial charge in [0.05, 0.1) is 5.92 Å². The molecule has 2 fully saturated rings. The first kappa shape index (κ1) is 16.1. The van der Waals surface area contributed by atoms with Crippen molar-refractivity contribution < 1.29 is 18.0 Å². The molecular weight excluding hydrogens is 335 g/mol. The summed E-state index contributed by atoms with van der Waals surface area (Å²) in [6, 6.07) is 0. The zero-order valence-corrected chi connectivity index (χ0v) is 13.2. The number of hydrogen-bond acceptors (Lipinski definition) is 1. The lowest BCUT2D eigenvalue weighted by atomic mass is 9.80. The molecule has 1 heterocycles. The molecule has 0 bridgehead atoms. The van der Waals surface area contributed by atoms with E-state index in [0.29, 0.717) is 36.7 Å². The van der Waals surface area contributed by atoms with Gasteiger partial charge in [0.15, 0.2) is 0 Å². The average Bonchev–Trinajstić information content (AvgIpc) is 2.40. The van der Waals surface area contributed by atoms with E-state index in [4.69, 9.17) is 0 Å². The Balaban J connectivity index is 1.95. The molecule has 0 N–H and O–H groups in total. The Morgan fingerprint density at radius 1 is 1.25 bits per heavy atom. The molecule has 116 valence electrons. The summed E-state index contributed by atoms with van der Waals surface area (Å²) in [5.74, 6) is -1.44. The number of halogens is 4. The van der Waals surface area contributed by atoms with Gasteiger partial charge in [-0.3, -0.25) is 4.79 Å². The van der Waals surface area contributed by atoms with Crippen LogP contribution in [0.2, 0.25) is 0 Å². The molecule has 1 amide bonds. The van der Waals surface area contributed by atoms with E-state index in [1.807, 2.05) is 0 Å². The third-order valence-corrected chi connectivity index (χ3v) is 5.96. The van der Waals surface area contributed by atoms with Crippen molar-refractivity contribution in [2.24, 2.45) is 17.8 Å². The van der Waals surface area contributed by atoms with Crippen LogP contribution in [0.15, 0.2) is 0 Å². The van der Waals surface area contributed by atoms with Gasteiger partial charge in [0, 0.05) is 23.8 Å². The number of nitrogens with zero attached hydrogens (tertiary/aromatic N) is 1. The third-order valence-electron chi connectivity index (χ3n) is 4.60. The van der Waals surface area contributed by atoms with Crippen molar-refractivity contribution in [3.63, 3.8) is 0 Å². The maximum Gasteiger partial charge on any atom is 0.391 e. The van der Waals surface area contributed by atoms with Crippen LogP contribution in [0.4, 0.5) is 13.2 Å². The molecule has 1 aliphatic carbocycles. The van der Waals surface area contributed by atoms with Gasteiger partial charge in [0.2, 0.25) is 5.91 Å². The second-order valence-corrected chi connectivity index (χ2v) is 7.34. The summed E-state index contributed by atoms with van der Waals surface area (Å²) in [4.78, 5) is 14.6. The van der Waals surface area contributed by atoms with E-state index in [9.17, 15) is 18.0 Å². The van der Waals surface area contributed by atoms with Gasteiger partial charge in [-0.1, -0.05) is 29.3 Å². The Kier molecular flexibility index (Phi) is 5.03. The first-order chi connectivity index (χ1) is 9.29. The Hall–Kier alpha value is -0.260. The molecule has 0 radical (unpaired) electrons. The van der Waals surface area contributed by atoms with Crippen LogP contribution in [0, 0.1) is 17.8 Å². The third kappa shape index (κ3) is 3.68. The van der Waals surface area contributed by atoms with Crippen LogP contribution in [-0.4, -0.2) is 34.9 Å². The largest absolute Gasteiger partial charge is 0.391 e. The fourth-order valence-electron chi connectivity index (χ4n) is 3.29. The number of carbonyl (C=O) groups is 1. The van der Waals surface area contributed by atoms with Crippen LogP contribution >= 0.6 is 15.9 Å². The summed E-state index contributed by atoms with van der Waals surface area (Å²) < 4.78 is 38.4. The van der Waals surface area contributed by atoms with E-state index in [0.717, 1.165) is 6.42 Å². The van der Waals surface area contributed by atoms with Crippen molar-refractivity contribution in [1.29, 1.82) is 0 Å². The highest BCUT2D eigenvalue weighted by Gasteiger charge is 2.44. The molecule has 2 aliphatic rings. The molecule has 0 spiro atoms. The minimum absolute atomic E-state index is 0.0229. The summed E-state index contributed by atoms with van der Waals surface area (Å²) in [5, 5.41) is 0. The Bertz CT molecular complexity index is 361. The van der Waals surface area contributed by atoms with E-state index >= 15 is 0 Å². The second-order valence-electron chi connectivity index (χ2n) is 6.17. The minimum atomic E-state index is -4.16. The number of likely N-dealkylation sites (tertiary alicyclic amines) is 1. The lowest BCUT2D eigenvalue weighted by molar-refractivity contribution is -0.187. The summed E-state index contributed by atoms with van der Waals surface area (Å²) in [7, 11) is 0. The van der Waals surface area contributed by atoms with E-state index in [1.165, 1.54) is 0 Å². The first-order valence-electron chi connectivity index (χ1n) is 7.28. The highest BCUT2D eigenvalue weighted by molar-refractivity contribution is 9.09. The average molecular weight is 356 g/mol. The second kappa shape index (κ2) is 6.24. The maximum absolute atomic E-state index is 12.8. The molecule has 4 atom stereocenters. The predicted molar refractivity (Wildman–Crippen MR) is 74.6 cm³/mol. The van der Waals surface area contributed by atoms with Crippen molar-refractivity contribution in [2.45, 2.75) is 50.0 Å². The highest BCUT2D eigenvalue weighted by Crippen LogP contribution is 2.40. The van der Waals surface area contributed by atoms with Gasteiger partial charge in [-0.2, -0.15) is 13.2 Å². The van der Waals surface area contributed by atoms with E-state index in [1.54, 1.807) is 4.90 Å². The number of carbonyl (C=O) groups excluding carboxylic acids is 1. The van der Waals surface area contributed by atoms with Gasteiger partial charge in [0.1, 0.15) is 0 Å². The zero-order valence-electron chi connectivity index (χ0n) is 11.6. The van der Waals surface area contributed by atoms with Gasteiger partial charge >= 0.3 is 6.18 Å². The van der Waals surface area contributed by atoms with Crippen molar-refractivity contribution in [1.82, 2.24) is 4.90 Å². The van der Waals surface area contributed by atoms with Gasteiger partial charge in [-0.15, -0.1) is 0 Å². The SMILES string of the molecule is CC1CN(C(=O)C2CCCC(C(F)(F)F)C2)CCC1Br. The van der Waals surface area contributed by atoms with Crippen LogP contribution in [0.1, 0.15) is 39.0 Å². The fourth-order valence-corrected chi connectivity index (χ4v) is 3.66. The van der Waals surface area contributed by atoms with Gasteiger partial charge in [-0.25, -0.2) is 0 Å². The lowest BCUT2D eigenvalue weighted by Gasteiger charge is -2.38. The number of hydrogen-bond donors (Lipinski definition) is 0. The summed E-state index contributed by atoms with van der Waals surface area (Å²) in [6.07, 6.45) is -2.02. The molecule has 2 rings (SSSR count). The molecule has 1 saturated heterocycles. The van der Waals surface area contributed by atoms with E-state index in [2.05, 4.69) is 22.9 Å². The Labute approximate surface area is 126 Å². The fraction of sp³-hybridized carbons (Fsp3) is 0.929. The first-order valence-corrected chi connectivity index (χ1v) is 8.20. The van der Waals surface area contributed by atoms with Crippen LogP contribution < -0.4 is 0 Å². The smallest absolute Gasteiger partial charge is 0.342 e. The zero-order chi connectivity index (χ0) is 14.9. The van der Waals surface area contributed by atoms with Gasteiger partial charge in [-0.05, 0) is 31.6 Å². The van der Waals surface area contributed by atoms with Crippen molar-refractivity contribution in [3.05, 3.63) is 0 Å². The Morgan fingerprint density at radius 2 is 1.95 bits per heavy atom. The topological polar surface area (TPSA) is 20.3 Å². The standard InChI is InChI=1S/C14H21BrF3NO/c1-9-8-19(6-5-12(9)15)13(20)10-3-2-4-11(7-10)14(16,17)18/h9-12H,2-8H2,1H3. The van der Waals surface area contributed by atoms with Crippen LogP contribution in [-0.2, 0) is 4.79 Å². The van der Waals surface area contributed by atoms with E-state index < -0.39 is 18.0 Å². The quantitative estimate of drug-likeness (QED) is 0.651. The van der Waals surface area contributed by atoms with Crippen molar-refractivity contribution in [2.75, 3.05) is 13.1 Å². The Morgan fingerprint density at radius 3 is 2.55 bits per heavy atom. The number of amides is 1. The van der Waals surface area contributed by atoms with Crippen molar-refractivity contribution >= 4 is 21.8 Å². The molecule has 0 aromatic rings. The molecule has 1 aliphatic heterocycles. The lowest BCUT2D eigenvalue weighted by Crippen LogP contribution is -2.47. The normalized spacial score (nSPS) is 36.0. The summed E-state index contributed by atoms with van der Waals surface area (Å²) in [6.45, 7) is 3.38. The van der Waals surface area contributed by atoms with E-state index in [-0.39, 0.29) is 18.7 Å². The molecule has 0 aromatic carbocycles. The van der Waals surface area contributed by atoms with Gasteiger partial charge < -0.3 is 4.90 Å². The highest BCUT2D eigenvalue weighted by atomic mass is 79.9. The minimum Gasteiger partial charge on any atom is -0.342 e. The predicted octanol–water partition coefficient (Wildman–Crippen LogP) is 3.99. The molecular formula is C14H21BrF3NO. The van der Waals surface area contributed by atoms with Gasteiger partial charge in [0.25, 0.3) is 0 Å². The summed E-state index contributed by atoms with van der Waals surface area (Å²) in [5.41, 5.74) is 0.